The molecule has 0 aliphatic carbocycles. The first-order valence-corrected chi connectivity index (χ1v) is 9.05. The predicted octanol–water partition coefficient (Wildman–Crippen LogP) is 1.64. The van der Waals surface area contributed by atoms with Crippen LogP contribution in [0.5, 0.6) is 0 Å². The van der Waals surface area contributed by atoms with Crippen molar-refractivity contribution in [1.82, 2.24) is 20.2 Å². The van der Waals surface area contributed by atoms with Gasteiger partial charge < -0.3 is 20.5 Å². The average molecular weight is 355 g/mol. The number of imidazole rings is 1. The third-order valence-corrected chi connectivity index (χ3v) is 4.52. The van der Waals surface area contributed by atoms with Crippen LogP contribution in [0.2, 0.25) is 0 Å². The molecule has 3 N–H and O–H groups in total. The van der Waals surface area contributed by atoms with Crippen LogP contribution in [0, 0.1) is 5.92 Å². The van der Waals surface area contributed by atoms with E-state index in [0.29, 0.717) is 36.7 Å². The zero-order chi connectivity index (χ0) is 18.2. The van der Waals surface area contributed by atoms with Crippen molar-refractivity contribution in [3.05, 3.63) is 48.5 Å². The van der Waals surface area contributed by atoms with Crippen molar-refractivity contribution in [3.63, 3.8) is 0 Å². The standard InChI is InChI=1S/C19H25N5O2/c25-18(6-9-24-10-8-21-14-24)23-17-5-1-4-16(11-17)19(26)22-13-15-3-2-7-20-12-15/h1,4-5,8,10-11,14-15,20H,2-3,6-7,9,12-13H2,(H,22,26)(H,23,25). The lowest BCUT2D eigenvalue weighted by Crippen LogP contribution is -2.38. The van der Waals surface area contributed by atoms with E-state index in [-0.39, 0.29) is 11.8 Å². The van der Waals surface area contributed by atoms with E-state index in [1.165, 1.54) is 0 Å². The highest BCUT2D eigenvalue weighted by molar-refractivity contribution is 5.97. The Balaban J connectivity index is 1.48. The predicted molar refractivity (Wildman–Crippen MR) is 99.8 cm³/mol. The second-order valence-electron chi connectivity index (χ2n) is 6.60. The minimum Gasteiger partial charge on any atom is -0.352 e. The highest BCUT2D eigenvalue weighted by Crippen LogP contribution is 2.12. The Morgan fingerprint density at radius 2 is 2.27 bits per heavy atom. The van der Waals surface area contributed by atoms with Gasteiger partial charge in [-0.1, -0.05) is 6.07 Å². The average Bonchev–Trinajstić information content (AvgIpc) is 3.19. The Kier molecular flexibility index (Phi) is 6.38. The van der Waals surface area contributed by atoms with Gasteiger partial charge in [0.05, 0.1) is 6.33 Å². The maximum atomic E-state index is 12.4. The van der Waals surface area contributed by atoms with Crippen LogP contribution in [-0.4, -0.2) is 41.0 Å². The molecule has 3 rings (SSSR count). The summed E-state index contributed by atoms with van der Waals surface area (Å²) in [4.78, 5) is 28.4. The molecule has 0 spiro atoms. The summed E-state index contributed by atoms with van der Waals surface area (Å²) < 4.78 is 1.85. The molecule has 0 radical (unpaired) electrons. The van der Waals surface area contributed by atoms with E-state index in [1.54, 1.807) is 36.8 Å². The first-order chi connectivity index (χ1) is 12.7. The lowest BCUT2D eigenvalue weighted by atomic mass is 9.99. The van der Waals surface area contributed by atoms with Gasteiger partial charge in [0.2, 0.25) is 5.91 Å². The minimum atomic E-state index is -0.106. The van der Waals surface area contributed by atoms with E-state index in [4.69, 9.17) is 0 Å². The van der Waals surface area contributed by atoms with E-state index in [1.807, 2.05) is 10.8 Å². The number of hydrogen-bond donors (Lipinski definition) is 3. The van der Waals surface area contributed by atoms with Gasteiger partial charge in [-0.05, 0) is 50.0 Å². The summed E-state index contributed by atoms with van der Waals surface area (Å²) in [5.41, 5.74) is 1.19. The zero-order valence-electron chi connectivity index (χ0n) is 14.8. The summed E-state index contributed by atoms with van der Waals surface area (Å²) in [6, 6.07) is 7.04. The molecule has 1 saturated heterocycles. The van der Waals surface area contributed by atoms with E-state index in [2.05, 4.69) is 20.9 Å². The van der Waals surface area contributed by atoms with Crippen LogP contribution in [0.15, 0.2) is 43.0 Å². The maximum Gasteiger partial charge on any atom is 0.251 e. The fourth-order valence-corrected chi connectivity index (χ4v) is 3.05. The quantitative estimate of drug-likeness (QED) is 0.705. The number of nitrogens with zero attached hydrogens (tertiary/aromatic N) is 2. The van der Waals surface area contributed by atoms with E-state index in [9.17, 15) is 9.59 Å². The first kappa shape index (κ1) is 18.1. The SMILES string of the molecule is O=C(CCn1ccnc1)Nc1cccc(C(=O)NCC2CCCNC2)c1. The number of benzene rings is 1. The zero-order valence-corrected chi connectivity index (χ0v) is 14.8. The number of hydrogen-bond acceptors (Lipinski definition) is 4. The minimum absolute atomic E-state index is 0.0930. The molecule has 2 aromatic rings. The van der Waals surface area contributed by atoms with E-state index in [0.717, 1.165) is 25.9 Å². The summed E-state index contributed by atoms with van der Waals surface area (Å²) >= 11 is 0. The summed E-state index contributed by atoms with van der Waals surface area (Å²) in [6.45, 7) is 3.26. The van der Waals surface area contributed by atoms with Crippen LogP contribution < -0.4 is 16.0 Å². The number of rotatable bonds is 7. The van der Waals surface area contributed by atoms with Crippen molar-refractivity contribution < 1.29 is 9.59 Å². The Bertz CT molecular complexity index is 723. The molecule has 0 saturated carbocycles. The van der Waals surface area contributed by atoms with Gasteiger partial charge in [-0.25, -0.2) is 4.98 Å². The molecular formula is C19H25N5O2. The molecule has 1 unspecified atom stereocenters. The van der Waals surface area contributed by atoms with Crippen LogP contribution in [-0.2, 0) is 11.3 Å². The number of anilines is 1. The number of nitrogens with one attached hydrogen (secondary N) is 3. The van der Waals surface area contributed by atoms with E-state index < -0.39 is 0 Å². The van der Waals surface area contributed by atoms with Gasteiger partial charge in [-0.3, -0.25) is 9.59 Å². The number of aryl methyl sites for hydroxylation is 1. The van der Waals surface area contributed by atoms with E-state index >= 15 is 0 Å². The molecule has 26 heavy (non-hydrogen) atoms. The van der Waals surface area contributed by atoms with Gasteiger partial charge in [0.15, 0.2) is 0 Å². The van der Waals surface area contributed by atoms with Crippen LogP contribution >= 0.6 is 0 Å². The van der Waals surface area contributed by atoms with Crippen molar-refractivity contribution >= 4 is 17.5 Å². The smallest absolute Gasteiger partial charge is 0.251 e. The Morgan fingerprint density at radius 1 is 1.35 bits per heavy atom. The molecule has 1 aliphatic rings. The summed E-state index contributed by atoms with van der Waals surface area (Å²) in [6.07, 6.45) is 7.83. The third kappa shape index (κ3) is 5.42. The highest BCUT2D eigenvalue weighted by Gasteiger charge is 2.15. The fourth-order valence-electron chi connectivity index (χ4n) is 3.05. The fraction of sp³-hybridized carbons (Fsp3) is 0.421. The molecule has 138 valence electrons. The lowest BCUT2D eigenvalue weighted by molar-refractivity contribution is -0.116. The number of amides is 2. The van der Waals surface area contributed by atoms with Crippen molar-refractivity contribution in [2.24, 2.45) is 5.92 Å². The van der Waals surface area contributed by atoms with Crippen LogP contribution in [0.3, 0.4) is 0 Å². The molecule has 7 heteroatoms. The molecule has 0 bridgehead atoms. The molecule has 1 aromatic heterocycles. The summed E-state index contributed by atoms with van der Waals surface area (Å²) in [5.74, 6) is 0.286. The number of piperidine rings is 1. The first-order valence-electron chi connectivity index (χ1n) is 9.05. The van der Waals surface area contributed by atoms with Crippen LogP contribution in [0.1, 0.15) is 29.6 Å². The summed E-state index contributed by atoms with van der Waals surface area (Å²) in [5, 5.41) is 9.18. The van der Waals surface area contributed by atoms with Gasteiger partial charge in [0.1, 0.15) is 0 Å². The van der Waals surface area contributed by atoms with Crippen molar-refractivity contribution in [2.45, 2.75) is 25.8 Å². The van der Waals surface area contributed by atoms with Gasteiger partial charge in [-0.2, -0.15) is 0 Å². The molecule has 7 nitrogen and oxygen atoms in total. The monoisotopic (exact) mass is 355 g/mol. The number of carbonyl (C=O) groups excluding carboxylic acids is 2. The third-order valence-electron chi connectivity index (χ3n) is 4.52. The Labute approximate surface area is 153 Å². The van der Waals surface area contributed by atoms with Crippen LogP contribution in [0.25, 0.3) is 0 Å². The summed E-state index contributed by atoms with van der Waals surface area (Å²) in [7, 11) is 0. The number of carbonyl (C=O) groups is 2. The lowest BCUT2D eigenvalue weighted by Gasteiger charge is -2.22. The maximum absolute atomic E-state index is 12.4. The molecule has 2 amide bonds. The Morgan fingerprint density at radius 3 is 3.04 bits per heavy atom. The van der Waals surface area contributed by atoms with Gasteiger partial charge >= 0.3 is 0 Å². The van der Waals surface area contributed by atoms with Gasteiger partial charge in [0.25, 0.3) is 5.91 Å². The van der Waals surface area contributed by atoms with Gasteiger partial charge in [0, 0.05) is 43.2 Å². The molecule has 2 heterocycles. The molecule has 1 aromatic carbocycles. The second kappa shape index (κ2) is 9.15. The molecule has 1 aliphatic heterocycles. The number of aromatic nitrogens is 2. The second-order valence-corrected chi connectivity index (χ2v) is 6.60. The largest absolute Gasteiger partial charge is 0.352 e. The normalized spacial score (nSPS) is 16.8. The molecule has 1 fully saturated rings. The van der Waals surface area contributed by atoms with Crippen molar-refractivity contribution in [3.8, 4) is 0 Å². The highest BCUT2D eigenvalue weighted by atomic mass is 16.2. The van der Waals surface area contributed by atoms with Crippen molar-refractivity contribution in [1.29, 1.82) is 0 Å². The Hall–Kier alpha value is -2.67. The van der Waals surface area contributed by atoms with Crippen LogP contribution in [0.4, 0.5) is 5.69 Å². The molecular weight excluding hydrogens is 330 g/mol. The topological polar surface area (TPSA) is 88.0 Å². The molecule has 1 atom stereocenters. The van der Waals surface area contributed by atoms with Crippen molar-refractivity contribution in [2.75, 3.05) is 25.0 Å². The van der Waals surface area contributed by atoms with Gasteiger partial charge in [-0.15, -0.1) is 0 Å².